The van der Waals surface area contributed by atoms with Crippen molar-refractivity contribution in [3.05, 3.63) is 28.2 Å². The zero-order valence-corrected chi connectivity index (χ0v) is 13.6. The maximum absolute atomic E-state index is 12.0. The fourth-order valence-corrected chi connectivity index (χ4v) is 3.84. The third kappa shape index (κ3) is 3.71. The molecule has 1 aliphatic rings. The number of amides is 1. The van der Waals surface area contributed by atoms with Gasteiger partial charge in [-0.15, -0.1) is 11.3 Å². The largest absolute Gasteiger partial charge is 0.347 e. The second-order valence-electron chi connectivity index (χ2n) is 5.68. The van der Waals surface area contributed by atoms with Gasteiger partial charge in [0.15, 0.2) is 0 Å². The molecule has 2 aromatic rings. The molecule has 0 radical (unpaired) electrons. The van der Waals surface area contributed by atoms with Crippen LogP contribution in [0.15, 0.2) is 12.7 Å². The fraction of sp³-hybridized carbons (Fsp3) is 0.600. The van der Waals surface area contributed by atoms with E-state index in [1.807, 2.05) is 6.92 Å². The molecule has 2 aromatic heterocycles. The van der Waals surface area contributed by atoms with Crippen LogP contribution in [-0.4, -0.2) is 25.7 Å². The van der Waals surface area contributed by atoms with Crippen LogP contribution in [-0.2, 0) is 24.2 Å². The second-order valence-corrected chi connectivity index (χ2v) is 6.80. The molecule has 0 bridgehead atoms. The number of aromatic nitrogens is 4. The predicted octanol–water partition coefficient (Wildman–Crippen LogP) is 2.27. The van der Waals surface area contributed by atoms with Crippen LogP contribution in [0, 0.1) is 0 Å². The maximum atomic E-state index is 12.0. The van der Waals surface area contributed by atoms with E-state index >= 15 is 0 Å². The smallest absolute Gasteiger partial charge is 0.220 e. The molecule has 1 aliphatic carbocycles. The van der Waals surface area contributed by atoms with Crippen LogP contribution in [0.2, 0.25) is 0 Å². The molecule has 1 amide bonds. The van der Waals surface area contributed by atoms with Gasteiger partial charge in [0.05, 0.1) is 11.7 Å². The first-order valence-corrected chi connectivity index (χ1v) is 8.64. The summed E-state index contributed by atoms with van der Waals surface area (Å²) in [7, 11) is 0. The quantitative estimate of drug-likeness (QED) is 0.886. The number of hydrogen-bond acceptors (Lipinski definition) is 5. The van der Waals surface area contributed by atoms with Crippen LogP contribution in [0.5, 0.6) is 0 Å². The lowest BCUT2D eigenvalue weighted by atomic mass is 10.0. The minimum Gasteiger partial charge on any atom is -0.347 e. The van der Waals surface area contributed by atoms with Gasteiger partial charge in [-0.25, -0.2) is 9.97 Å². The van der Waals surface area contributed by atoms with Crippen LogP contribution in [0.4, 0.5) is 0 Å². The van der Waals surface area contributed by atoms with E-state index in [2.05, 4.69) is 15.4 Å². The molecule has 0 saturated heterocycles. The molecule has 0 aliphatic heterocycles. The van der Waals surface area contributed by atoms with Crippen LogP contribution >= 0.6 is 11.3 Å². The Labute approximate surface area is 134 Å². The minimum absolute atomic E-state index is 0.00512. The highest BCUT2D eigenvalue weighted by atomic mass is 32.1. The molecule has 22 heavy (non-hydrogen) atoms. The van der Waals surface area contributed by atoms with E-state index in [1.165, 1.54) is 29.7 Å². The fourth-order valence-electron chi connectivity index (χ4n) is 2.68. The van der Waals surface area contributed by atoms with Gasteiger partial charge in [0.1, 0.15) is 17.7 Å². The van der Waals surface area contributed by atoms with Gasteiger partial charge in [-0.1, -0.05) is 0 Å². The molecule has 7 heteroatoms. The second kappa shape index (κ2) is 7.00. The molecular weight excluding hydrogens is 298 g/mol. The molecule has 0 unspecified atom stereocenters. The summed E-state index contributed by atoms with van der Waals surface area (Å²) < 4.78 is 1.74. The Morgan fingerprint density at radius 1 is 1.45 bits per heavy atom. The highest BCUT2D eigenvalue weighted by Gasteiger charge is 2.19. The van der Waals surface area contributed by atoms with Gasteiger partial charge >= 0.3 is 0 Å². The molecule has 6 nitrogen and oxygen atoms in total. The Balaban J connectivity index is 1.47. The predicted molar refractivity (Wildman–Crippen MR) is 84.6 cm³/mol. The van der Waals surface area contributed by atoms with E-state index in [4.69, 9.17) is 4.98 Å². The van der Waals surface area contributed by atoms with Gasteiger partial charge in [0, 0.05) is 17.8 Å². The number of thiazole rings is 1. The van der Waals surface area contributed by atoms with Crippen molar-refractivity contribution in [3.63, 3.8) is 0 Å². The lowest BCUT2D eigenvalue weighted by Gasteiger charge is -2.11. The summed E-state index contributed by atoms with van der Waals surface area (Å²) in [6.45, 7) is 2.73. The molecule has 1 atom stereocenters. The van der Waals surface area contributed by atoms with E-state index in [9.17, 15) is 4.79 Å². The number of nitrogens with zero attached hydrogens (tertiary/aromatic N) is 4. The van der Waals surface area contributed by atoms with Crippen molar-refractivity contribution >= 4 is 17.2 Å². The van der Waals surface area contributed by atoms with Crippen LogP contribution < -0.4 is 5.32 Å². The Bertz CT molecular complexity index is 598. The number of rotatable bonds is 6. The van der Waals surface area contributed by atoms with Gasteiger partial charge in [-0.2, -0.15) is 5.10 Å². The zero-order valence-electron chi connectivity index (χ0n) is 12.8. The minimum atomic E-state index is -0.00512. The Morgan fingerprint density at radius 3 is 3.09 bits per heavy atom. The number of carbonyl (C=O) groups excluding carboxylic acids is 1. The van der Waals surface area contributed by atoms with E-state index in [0.29, 0.717) is 13.0 Å². The molecule has 3 rings (SSSR count). The summed E-state index contributed by atoms with van der Waals surface area (Å²) in [5.74, 6) is 0.0702. The molecule has 0 aromatic carbocycles. The molecular formula is C15H21N5OS. The van der Waals surface area contributed by atoms with Crippen molar-refractivity contribution in [2.45, 2.75) is 58.0 Å². The van der Waals surface area contributed by atoms with Crippen LogP contribution in [0.25, 0.3) is 0 Å². The van der Waals surface area contributed by atoms with Crippen LogP contribution in [0.3, 0.4) is 0 Å². The summed E-state index contributed by atoms with van der Waals surface area (Å²) >= 11 is 1.76. The van der Waals surface area contributed by atoms with Gasteiger partial charge in [0.2, 0.25) is 5.91 Å². The highest BCUT2D eigenvalue weighted by molar-refractivity contribution is 7.11. The molecule has 0 saturated carbocycles. The van der Waals surface area contributed by atoms with E-state index < -0.39 is 0 Å². The summed E-state index contributed by atoms with van der Waals surface area (Å²) in [6, 6.07) is -0.00512. The normalized spacial score (nSPS) is 15.3. The molecule has 118 valence electrons. The Morgan fingerprint density at radius 2 is 2.32 bits per heavy atom. The molecule has 0 spiro atoms. The molecule has 0 fully saturated rings. The first-order chi connectivity index (χ1) is 10.7. The lowest BCUT2D eigenvalue weighted by molar-refractivity contribution is -0.121. The standard InChI is InChI=1S/C15H21N5OS/c1-11(15-19-12-5-2-3-6-13(12)22-15)18-14(21)7-4-8-20-10-16-9-17-20/h9-11H,2-8H2,1H3,(H,18,21)/t11-/m0/s1. The maximum Gasteiger partial charge on any atom is 0.220 e. The third-order valence-electron chi connectivity index (χ3n) is 3.87. The first kappa shape index (κ1) is 15.1. The van der Waals surface area contributed by atoms with Crippen LogP contribution in [0.1, 0.15) is 54.2 Å². The van der Waals surface area contributed by atoms with Crippen molar-refractivity contribution in [2.24, 2.45) is 0 Å². The summed E-state index contributed by atoms with van der Waals surface area (Å²) in [4.78, 5) is 22.0. The third-order valence-corrected chi connectivity index (χ3v) is 5.21. The highest BCUT2D eigenvalue weighted by Crippen LogP contribution is 2.29. The average molecular weight is 319 g/mol. The monoisotopic (exact) mass is 319 g/mol. The Hall–Kier alpha value is -1.76. The lowest BCUT2D eigenvalue weighted by Crippen LogP contribution is -2.26. The van der Waals surface area contributed by atoms with Gasteiger partial charge in [0.25, 0.3) is 0 Å². The average Bonchev–Trinajstić information content (AvgIpc) is 3.16. The van der Waals surface area contributed by atoms with E-state index in [-0.39, 0.29) is 11.9 Å². The van der Waals surface area contributed by atoms with Gasteiger partial charge < -0.3 is 5.32 Å². The van der Waals surface area contributed by atoms with Crippen molar-refractivity contribution in [1.82, 2.24) is 25.1 Å². The topological polar surface area (TPSA) is 72.7 Å². The SMILES string of the molecule is C[C@H](NC(=O)CCCn1cncn1)c1nc2c(s1)CCCC2. The van der Waals surface area contributed by atoms with Crippen molar-refractivity contribution in [2.75, 3.05) is 0 Å². The Kier molecular flexibility index (Phi) is 4.82. The summed E-state index contributed by atoms with van der Waals surface area (Å²) in [5.41, 5.74) is 1.25. The number of nitrogens with one attached hydrogen (secondary N) is 1. The van der Waals surface area contributed by atoms with Crippen molar-refractivity contribution in [1.29, 1.82) is 0 Å². The number of aryl methyl sites for hydroxylation is 3. The van der Waals surface area contributed by atoms with E-state index in [1.54, 1.807) is 22.3 Å². The number of carbonyl (C=O) groups is 1. The first-order valence-electron chi connectivity index (χ1n) is 7.82. The molecule has 2 heterocycles. The van der Waals surface area contributed by atoms with Crippen molar-refractivity contribution < 1.29 is 4.79 Å². The summed E-state index contributed by atoms with van der Waals surface area (Å²) in [5, 5.41) is 8.11. The number of hydrogen-bond donors (Lipinski definition) is 1. The van der Waals surface area contributed by atoms with Gasteiger partial charge in [-0.05, 0) is 39.0 Å². The van der Waals surface area contributed by atoms with Gasteiger partial charge in [-0.3, -0.25) is 9.48 Å². The number of fused-ring (bicyclic) bond motifs is 1. The zero-order chi connectivity index (χ0) is 15.4. The van der Waals surface area contributed by atoms with Crippen molar-refractivity contribution in [3.8, 4) is 0 Å². The van der Waals surface area contributed by atoms with E-state index in [0.717, 1.165) is 24.3 Å². The summed E-state index contributed by atoms with van der Waals surface area (Å²) in [6.07, 6.45) is 9.16. The molecule has 1 N–H and O–H groups in total.